The van der Waals surface area contributed by atoms with Gasteiger partial charge in [0.25, 0.3) is 0 Å². The highest BCUT2D eigenvalue weighted by molar-refractivity contribution is 5.86. The van der Waals surface area contributed by atoms with Crippen LogP contribution in [0.15, 0.2) is 109 Å². The molecule has 5 rings (SSSR count). The molecular formula is C34H34N2O. The number of para-hydroxylation sites is 1. The molecule has 1 atom stereocenters. The number of benzene rings is 4. The number of aromatic nitrogens is 1. The highest BCUT2D eigenvalue weighted by Gasteiger charge is 2.23. The first-order valence-corrected chi connectivity index (χ1v) is 13.1. The van der Waals surface area contributed by atoms with Gasteiger partial charge in [-0.05, 0) is 54.2 Å². The monoisotopic (exact) mass is 486 g/mol. The van der Waals surface area contributed by atoms with E-state index in [-0.39, 0.29) is 17.7 Å². The van der Waals surface area contributed by atoms with Gasteiger partial charge in [0.2, 0.25) is 5.91 Å². The molecule has 3 nitrogen and oxygen atoms in total. The summed E-state index contributed by atoms with van der Waals surface area (Å²) in [4.78, 5) is 16.8. The molecule has 4 aromatic carbocycles. The van der Waals surface area contributed by atoms with E-state index in [1.807, 2.05) is 18.2 Å². The fraction of sp³-hybridized carbons (Fsp3) is 0.206. The Morgan fingerprint density at radius 3 is 2.08 bits per heavy atom. The first kappa shape index (κ1) is 24.6. The Morgan fingerprint density at radius 1 is 0.757 bits per heavy atom. The minimum Gasteiger partial charge on any atom is -0.361 e. The van der Waals surface area contributed by atoms with Gasteiger partial charge in [-0.2, -0.15) is 0 Å². The highest BCUT2D eigenvalue weighted by Crippen LogP contribution is 2.35. The van der Waals surface area contributed by atoms with Gasteiger partial charge < -0.3 is 10.3 Å². The Kier molecular flexibility index (Phi) is 7.51. The number of hydrogen-bond acceptors (Lipinski definition) is 1. The zero-order chi connectivity index (χ0) is 25.6. The van der Waals surface area contributed by atoms with Crippen molar-refractivity contribution in [3.63, 3.8) is 0 Å². The van der Waals surface area contributed by atoms with Crippen LogP contribution >= 0.6 is 0 Å². The highest BCUT2D eigenvalue weighted by atomic mass is 16.1. The van der Waals surface area contributed by atoms with E-state index in [0.717, 1.165) is 11.9 Å². The Morgan fingerprint density at radius 2 is 1.41 bits per heavy atom. The summed E-state index contributed by atoms with van der Waals surface area (Å²) in [6, 6.07) is 36.0. The first-order chi connectivity index (χ1) is 18.1. The first-order valence-electron chi connectivity index (χ1n) is 13.1. The molecule has 0 bridgehead atoms. The van der Waals surface area contributed by atoms with Gasteiger partial charge in [0.1, 0.15) is 0 Å². The molecule has 3 heteroatoms. The molecule has 5 aromatic rings. The SMILES string of the molecule is Cc1ccc([C@H](CC(=O)NCCC(c2ccccc2)c2ccccc2)c2c[nH]c3ccccc23)c(C)c1. The van der Waals surface area contributed by atoms with Gasteiger partial charge in [-0.15, -0.1) is 0 Å². The second-order valence-electron chi connectivity index (χ2n) is 9.92. The normalized spacial score (nSPS) is 12.1. The zero-order valence-electron chi connectivity index (χ0n) is 21.6. The largest absolute Gasteiger partial charge is 0.361 e. The molecule has 1 heterocycles. The quantitative estimate of drug-likeness (QED) is 0.221. The molecule has 0 fully saturated rings. The van der Waals surface area contributed by atoms with E-state index in [4.69, 9.17) is 0 Å². The fourth-order valence-corrected chi connectivity index (χ4v) is 5.50. The van der Waals surface area contributed by atoms with Gasteiger partial charge >= 0.3 is 0 Å². The minimum atomic E-state index is -0.0178. The van der Waals surface area contributed by atoms with Crippen molar-refractivity contribution in [1.29, 1.82) is 0 Å². The number of carbonyl (C=O) groups excluding carboxylic acids is 1. The van der Waals surface area contributed by atoms with Gasteiger partial charge in [-0.1, -0.05) is 103 Å². The van der Waals surface area contributed by atoms with Crippen LogP contribution < -0.4 is 5.32 Å². The van der Waals surface area contributed by atoms with Gasteiger partial charge in [-0.3, -0.25) is 4.79 Å². The van der Waals surface area contributed by atoms with Crippen molar-refractivity contribution in [3.8, 4) is 0 Å². The summed E-state index contributed by atoms with van der Waals surface area (Å²) in [5.74, 6) is 0.303. The number of fused-ring (bicyclic) bond motifs is 1. The molecule has 0 saturated carbocycles. The van der Waals surface area contributed by atoms with Crippen molar-refractivity contribution in [2.75, 3.05) is 6.54 Å². The molecule has 0 radical (unpaired) electrons. The van der Waals surface area contributed by atoms with E-state index in [1.165, 1.54) is 38.8 Å². The summed E-state index contributed by atoms with van der Waals surface area (Å²) < 4.78 is 0. The third-order valence-electron chi connectivity index (χ3n) is 7.35. The van der Waals surface area contributed by atoms with Crippen LogP contribution in [0.4, 0.5) is 0 Å². The minimum absolute atomic E-state index is 0.0178. The predicted octanol–water partition coefficient (Wildman–Crippen LogP) is 7.65. The number of rotatable bonds is 9. The van der Waals surface area contributed by atoms with Crippen molar-refractivity contribution < 1.29 is 4.79 Å². The van der Waals surface area contributed by atoms with Crippen LogP contribution in [0.25, 0.3) is 10.9 Å². The molecule has 0 aliphatic heterocycles. The smallest absolute Gasteiger partial charge is 0.220 e. The summed E-state index contributed by atoms with van der Waals surface area (Å²) in [6.45, 7) is 4.88. The van der Waals surface area contributed by atoms with Crippen molar-refractivity contribution in [2.24, 2.45) is 0 Å². The Bertz CT molecular complexity index is 1430. The molecule has 0 aliphatic rings. The summed E-state index contributed by atoms with van der Waals surface area (Å²) in [6.07, 6.45) is 3.33. The van der Waals surface area contributed by atoms with E-state index in [1.54, 1.807) is 0 Å². The number of aryl methyl sites for hydroxylation is 2. The van der Waals surface area contributed by atoms with E-state index in [0.29, 0.717) is 13.0 Å². The standard InChI is InChI=1S/C34H34N2O/c1-24-17-18-28(25(2)21-24)31(32-23-36-33-16-10-9-15-30(32)33)22-34(37)35-20-19-29(26-11-5-3-6-12-26)27-13-7-4-8-14-27/h3-18,21,23,29,31,36H,19-20,22H2,1-2H3,(H,35,37)/t31-/m0/s1. The van der Waals surface area contributed by atoms with E-state index in [2.05, 4.69) is 115 Å². The maximum absolute atomic E-state index is 13.4. The lowest BCUT2D eigenvalue weighted by Crippen LogP contribution is -2.27. The molecule has 0 saturated heterocycles. The maximum Gasteiger partial charge on any atom is 0.220 e. The second-order valence-corrected chi connectivity index (χ2v) is 9.92. The maximum atomic E-state index is 13.4. The third-order valence-corrected chi connectivity index (χ3v) is 7.35. The average Bonchev–Trinajstić information content (AvgIpc) is 3.35. The third kappa shape index (κ3) is 5.67. The van der Waals surface area contributed by atoms with Crippen molar-refractivity contribution in [3.05, 3.63) is 143 Å². The zero-order valence-corrected chi connectivity index (χ0v) is 21.6. The van der Waals surface area contributed by atoms with E-state index >= 15 is 0 Å². The number of hydrogen-bond donors (Lipinski definition) is 2. The topological polar surface area (TPSA) is 44.9 Å². The molecule has 0 spiro atoms. The van der Waals surface area contributed by atoms with Crippen LogP contribution in [0.2, 0.25) is 0 Å². The Hall–Kier alpha value is -4.11. The number of amides is 1. The molecule has 2 N–H and O–H groups in total. The van der Waals surface area contributed by atoms with Gasteiger partial charge in [-0.25, -0.2) is 0 Å². The van der Waals surface area contributed by atoms with Crippen LogP contribution in [-0.4, -0.2) is 17.4 Å². The van der Waals surface area contributed by atoms with Crippen LogP contribution in [-0.2, 0) is 4.79 Å². The molecule has 0 aliphatic carbocycles. The lowest BCUT2D eigenvalue weighted by atomic mass is 9.85. The van der Waals surface area contributed by atoms with Crippen molar-refractivity contribution >= 4 is 16.8 Å². The molecule has 1 aromatic heterocycles. The van der Waals surface area contributed by atoms with Crippen molar-refractivity contribution in [2.45, 2.75) is 38.5 Å². The number of H-pyrrole nitrogens is 1. The van der Waals surface area contributed by atoms with Crippen LogP contribution in [0.1, 0.15) is 58.1 Å². The number of aromatic amines is 1. The van der Waals surface area contributed by atoms with Crippen molar-refractivity contribution in [1.82, 2.24) is 10.3 Å². The molecular weight excluding hydrogens is 452 g/mol. The molecule has 0 unspecified atom stereocenters. The Labute approximate surface area is 219 Å². The molecule has 1 amide bonds. The molecule has 186 valence electrons. The summed E-state index contributed by atoms with van der Waals surface area (Å²) in [7, 11) is 0. The molecule has 37 heavy (non-hydrogen) atoms. The summed E-state index contributed by atoms with van der Waals surface area (Å²) >= 11 is 0. The lowest BCUT2D eigenvalue weighted by molar-refractivity contribution is -0.121. The van der Waals surface area contributed by atoms with Gasteiger partial charge in [0.05, 0.1) is 0 Å². The average molecular weight is 487 g/mol. The van der Waals surface area contributed by atoms with Crippen LogP contribution in [0.3, 0.4) is 0 Å². The lowest BCUT2D eigenvalue weighted by Gasteiger charge is -2.21. The number of carbonyl (C=O) groups is 1. The summed E-state index contributed by atoms with van der Waals surface area (Å²) in [5, 5.41) is 4.42. The van der Waals surface area contributed by atoms with Crippen LogP contribution in [0, 0.1) is 13.8 Å². The van der Waals surface area contributed by atoms with Gasteiger partial charge in [0.15, 0.2) is 0 Å². The van der Waals surface area contributed by atoms with Gasteiger partial charge in [0, 0.05) is 41.9 Å². The summed E-state index contributed by atoms with van der Waals surface area (Å²) in [5.41, 5.74) is 8.47. The van der Waals surface area contributed by atoms with Crippen LogP contribution in [0.5, 0.6) is 0 Å². The fourth-order valence-electron chi connectivity index (χ4n) is 5.50. The second kappa shape index (κ2) is 11.3. The van der Waals surface area contributed by atoms with E-state index < -0.39 is 0 Å². The number of nitrogens with one attached hydrogen (secondary N) is 2. The predicted molar refractivity (Wildman–Crippen MR) is 153 cm³/mol. The van der Waals surface area contributed by atoms with E-state index in [9.17, 15) is 4.79 Å². The Balaban J connectivity index is 1.35.